The van der Waals surface area contributed by atoms with Crippen LogP contribution >= 0.6 is 0 Å². The molecule has 7 heteroatoms. The van der Waals surface area contributed by atoms with Crippen molar-refractivity contribution in [3.63, 3.8) is 0 Å². The lowest BCUT2D eigenvalue weighted by atomic mass is 10.1. The van der Waals surface area contributed by atoms with Gasteiger partial charge in [-0.05, 0) is 51.6 Å². The minimum absolute atomic E-state index is 0.0821. The standard InChI is InChI=1S/C16H36N2O5/c17-7-1-2-8-18(9-5-14(21)4-3-10-19)13-16(23)12-15(22)6-11-20/h14-16,19-23H,1-13,17H2. The third-order valence-corrected chi connectivity index (χ3v) is 3.88. The summed E-state index contributed by atoms with van der Waals surface area (Å²) >= 11 is 0. The minimum Gasteiger partial charge on any atom is -0.396 e. The molecule has 23 heavy (non-hydrogen) atoms. The molecule has 3 unspecified atom stereocenters. The third-order valence-electron chi connectivity index (χ3n) is 3.88. The molecule has 0 rings (SSSR count). The average Bonchev–Trinajstić information content (AvgIpc) is 2.50. The maximum absolute atomic E-state index is 10.1. The second kappa shape index (κ2) is 15.3. The lowest BCUT2D eigenvalue weighted by Crippen LogP contribution is -2.37. The molecule has 0 fully saturated rings. The number of rotatable bonds is 16. The molecule has 0 aliphatic heterocycles. The van der Waals surface area contributed by atoms with Crippen molar-refractivity contribution in [2.24, 2.45) is 5.73 Å². The van der Waals surface area contributed by atoms with Crippen LogP contribution in [0, 0.1) is 0 Å². The lowest BCUT2D eigenvalue weighted by molar-refractivity contribution is 0.0385. The Morgan fingerprint density at radius 1 is 0.739 bits per heavy atom. The number of hydrogen-bond donors (Lipinski definition) is 6. The monoisotopic (exact) mass is 336 g/mol. The van der Waals surface area contributed by atoms with E-state index in [0.717, 1.165) is 19.4 Å². The quantitative estimate of drug-likeness (QED) is 0.200. The molecule has 0 spiro atoms. The summed E-state index contributed by atoms with van der Waals surface area (Å²) in [4.78, 5) is 2.08. The van der Waals surface area contributed by atoms with Crippen molar-refractivity contribution in [2.75, 3.05) is 39.4 Å². The van der Waals surface area contributed by atoms with Gasteiger partial charge in [0.1, 0.15) is 0 Å². The number of nitrogens with two attached hydrogens (primary N) is 1. The second-order valence-electron chi connectivity index (χ2n) is 6.16. The fourth-order valence-corrected chi connectivity index (χ4v) is 2.53. The van der Waals surface area contributed by atoms with Crippen molar-refractivity contribution >= 4 is 0 Å². The van der Waals surface area contributed by atoms with Crippen LogP contribution in [0.15, 0.2) is 0 Å². The van der Waals surface area contributed by atoms with Gasteiger partial charge in [0, 0.05) is 32.7 Å². The van der Waals surface area contributed by atoms with E-state index in [1.165, 1.54) is 0 Å². The van der Waals surface area contributed by atoms with Crippen molar-refractivity contribution < 1.29 is 25.5 Å². The van der Waals surface area contributed by atoms with E-state index in [4.69, 9.17) is 15.9 Å². The first-order valence-corrected chi connectivity index (χ1v) is 8.71. The number of aliphatic hydroxyl groups excluding tert-OH is 5. The van der Waals surface area contributed by atoms with Crippen LogP contribution in [-0.4, -0.2) is 88.1 Å². The summed E-state index contributed by atoms with van der Waals surface area (Å²) in [6.07, 6.45) is 2.29. The summed E-state index contributed by atoms with van der Waals surface area (Å²) in [6, 6.07) is 0. The van der Waals surface area contributed by atoms with Gasteiger partial charge in [-0.3, -0.25) is 0 Å². The molecule has 0 aliphatic rings. The predicted octanol–water partition coefficient (Wildman–Crippen LogP) is -0.955. The van der Waals surface area contributed by atoms with E-state index in [2.05, 4.69) is 4.90 Å². The van der Waals surface area contributed by atoms with E-state index >= 15 is 0 Å². The molecule has 3 atom stereocenters. The number of nitrogens with zero attached hydrogens (tertiary/aromatic N) is 1. The summed E-state index contributed by atoms with van der Waals surface area (Å²) in [5, 5.41) is 47.1. The van der Waals surface area contributed by atoms with E-state index in [1.807, 2.05) is 0 Å². The van der Waals surface area contributed by atoms with Crippen LogP contribution in [0.25, 0.3) is 0 Å². The van der Waals surface area contributed by atoms with E-state index in [9.17, 15) is 15.3 Å². The Hall–Kier alpha value is -0.280. The van der Waals surface area contributed by atoms with Gasteiger partial charge in [-0.25, -0.2) is 0 Å². The van der Waals surface area contributed by atoms with Crippen molar-refractivity contribution in [3.05, 3.63) is 0 Å². The number of aliphatic hydroxyl groups is 5. The molecule has 7 nitrogen and oxygen atoms in total. The zero-order chi connectivity index (χ0) is 17.5. The zero-order valence-corrected chi connectivity index (χ0v) is 14.2. The maximum atomic E-state index is 10.1. The van der Waals surface area contributed by atoms with Crippen LogP contribution < -0.4 is 5.73 Å². The van der Waals surface area contributed by atoms with Crippen LogP contribution in [0.1, 0.15) is 44.9 Å². The smallest absolute Gasteiger partial charge is 0.0691 e. The molecular formula is C16H36N2O5. The van der Waals surface area contributed by atoms with Crippen LogP contribution in [0.2, 0.25) is 0 Å². The molecule has 7 N–H and O–H groups in total. The van der Waals surface area contributed by atoms with Crippen LogP contribution in [0.5, 0.6) is 0 Å². The lowest BCUT2D eigenvalue weighted by Gasteiger charge is -2.27. The van der Waals surface area contributed by atoms with Crippen molar-refractivity contribution in [3.8, 4) is 0 Å². The summed E-state index contributed by atoms with van der Waals surface area (Å²) in [5.74, 6) is 0. The Morgan fingerprint density at radius 3 is 2.09 bits per heavy atom. The van der Waals surface area contributed by atoms with Gasteiger partial charge in [0.15, 0.2) is 0 Å². The summed E-state index contributed by atoms with van der Waals surface area (Å²) in [5.41, 5.74) is 5.50. The van der Waals surface area contributed by atoms with Gasteiger partial charge in [0.25, 0.3) is 0 Å². The van der Waals surface area contributed by atoms with E-state index in [-0.39, 0.29) is 26.1 Å². The SMILES string of the molecule is NCCCCN(CCC(O)CCCO)CC(O)CC(O)CCO. The van der Waals surface area contributed by atoms with E-state index < -0.39 is 18.3 Å². The highest BCUT2D eigenvalue weighted by atomic mass is 16.3. The molecule has 0 radical (unpaired) electrons. The molecule has 0 heterocycles. The van der Waals surface area contributed by atoms with Gasteiger partial charge < -0.3 is 36.2 Å². The summed E-state index contributed by atoms with van der Waals surface area (Å²) in [7, 11) is 0. The Bertz CT molecular complexity index is 259. The van der Waals surface area contributed by atoms with Gasteiger partial charge in [-0.1, -0.05) is 0 Å². The Morgan fingerprint density at radius 2 is 1.48 bits per heavy atom. The fraction of sp³-hybridized carbons (Fsp3) is 1.00. The predicted molar refractivity (Wildman–Crippen MR) is 90.0 cm³/mol. The molecule has 0 aromatic rings. The fourth-order valence-electron chi connectivity index (χ4n) is 2.53. The van der Waals surface area contributed by atoms with E-state index in [1.54, 1.807) is 0 Å². The first-order chi connectivity index (χ1) is 11.0. The Labute approximate surface area is 139 Å². The topological polar surface area (TPSA) is 130 Å². The maximum Gasteiger partial charge on any atom is 0.0691 e. The molecule has 0 bridgehead atoms. The van der Waals surface area contributed by atoms with Gasteiger partial charge in [0.05, 0.1) is 18.3 Å². The molecule has 0 saturated carbocycles. The molecule has 140 valence electrons. The normalized spacial score (nSPS) is 15.8. The van der Waals surface area contributed by atoms with Crippen molar-refractivity contribution in [2.45, 2.75) is 63.3 Å². The zero-order valence-electron chi connectivity index (χ0n) is 14.2. The summed E-state index contributed by atoms with van der Waals surface area (Å²) < 4.78 is 0. The molecular weight excluding hydrogens is 300 g/mol. The molecule has 0 aromatic carbocycles. The highest BCUT2D eigenvalue weighted by Gasteiger charge is 2.16. The van der Waals surface area contributed by atoms with Gasteiger partial charge >= 0.3 is 0 Å². The highest BCUT2D eigenvalue weighted by molar-refractivity contribution is 4.70. The Balaban J connectivity index is 4.20. The first kappa shape index (κ1) is 22.7. The van der Waals surface area contributed by atoms with Crippen LogP contribution in [0.4, 0.5) is 0 Å². The number of unbranched alkanes of at least 4 members (excludes halogenated alkanes) is 1. The average molecular weight is 336 g/mol. The molecule has 0 amide bonds. The van der Waals surface area contributed by atoms with Gasteiger partial charge in [0.2, 0.25) is 0 Å². The molecule has 0 aliphatic carbocycles. The first-order valence-electron chi connectivity index (χ1n) is 8.71. The largest absolute Gasteiger partial charge is 0.396 e. The van der Waals surface area contributed by atoms with Gasteiger partial charge in [-0.2, -0.15) is 0 Å². The van der Waals surface area contributed by atoms with E-state index in [0.29, 0.717) is 38.9 Å². The van der Waals surface area contributed by atoms with Gasteiger partial charge in [-0.15, -0.1) is 0 Å². The number of hydrogen-bond acceptors (Lipinski definition) is 7. The van der Waals surface area contributed by atoms with Crippen molar-refractivity contribution in [1.82, 2.24) is 4.90 Å². The molecule has 0 aromatic heterocycles. The highest BCUT2D eigenvalue weighted by Crippen LogP contribution is 2.08. The van der Waals surface area contributed by atoms with Crippen LogP contribution in [-0.2, 0) is 0 Å². The summed E-state index contributed by atoms with van der Waals surface area (Å²) in [6.45, 7) is 2.50. The van der Waals surface area contributed by atoms with Crippen LogP contribution in [0.3, 0.4) is 0 Å². The molecule has 0 saturated heterocycles. The third kappa shape index (κ3) is 13.8. The Kier molecular flexibility index (Phi) is 15.1. The minimum atomic E-state index is -0.698. The van der Waals surface area contributed by atoms with Crippen molar-refractivity contribution in [1.29, 1.82) is 0 Å². The second-order valence-corrected chi connectivity index (χ2v) is 6.16.